The second kappa shape index (κ2) is 3.62. The second-order valence-corrected chi connectivity index (χ2v) is 6.93. The minimum Gasteiger partial charge on any atom is -0.504 e. The van der Waals surface area contributed by atoms with E-state index >= 15 is 0 Å². The first-order valence-electron chi connectivity index (χ1n) is 7.71. The molecular formula is C17H19NO3. The summed E-state index contributed by atoms with van der Waals surface area (Å²) in [5.41, 5.74) is 2.29. The van der Waals surface area contributed by atoms with Crippen LogP contribution in [0, 0.1) is 5.92 Å². The molecule has 1 fully saturated rings. The summed E-state index contributed by atoms with van der Waals surface area (Å²) in [5, 5.41) is 20.6. The number of likely N-dealkylation sites (tertiary alicyclic amines) is 1. The zero-order valence-corrected chi connectivity index (χ0v) is 12.0. The molecule has 0 radical (unpaired) electrons. The lowest BCUT2D eigenvalue weighted by atomic mass is 9.53. The van der Waals surface area contributed by atoms with Gasteiger partial charge in [0.25, 0.3) is 0 Å². The summed E-state index contributed by atoms with van der Waals surface area (Å²) in [7, 11) is 2.19. The summed E-state index contributed by atoms with van der Waals surface area (Å²) in [6.45, 7) is 1.01. The number of aromatic hydroxyl groups is 1. The van der Waals surface area contributed by atoms with E-state index in [2.05, 4.69) is 18.0 Å². The van der Waals surface area contributed by atoms with Crippen molar-refractivity contribution in [1.82, 2.24) is 4.90 Å². The van der Waals surface area contributed by atoms with Gasteiger partial charge in [0.15, 0.2) is 11.5 Å². The highest BCUT2D eigenvalue weighted by Gasteiger charge is 2.64. The van der Waals surface area contributed by atoms with Gasteiger partial charge in [0.05, 0.1) is 0 Å². The van der Waals surface area contributed by atoms with E-state index in [1.807, 2.05) is 12.1 Å². The Bertz CT molecular complexity index is 670. The molecule has 2 bridgehead atoms. The maximum Gasteiger partial charge on any atom is 0.165 e. The minimum absolute atomic E-state index is 0.160. The number of benzene rings is 1. The van der Waals surface area contributed by atoms with Crippen molar-refractivity contribution < 1.29 is 14.9 Å². The lowest BCUT2D eigenvalue weighted by Gasteiger charge is -2.56. The second-order valence-electron chi connectivity index (χ2n) is 6.93. The summed E-state index contributed by atoms with van der Waals surface area (Å²) >= 11 is 0. The third kappa shape index (κ3) is 1.21. The van der Waals surface area contributed by atoms with Crippen molar-refractivity contribution in [2.75, 3.05) is 13.6 Å². The molecule has 0 saturated carbocycles. The molecule has 1 aromatic carbocycles. The molecule has 1 saturated heterocycles. The van der Waals surface area contributed by atoms with Crippen molar-refractivity contribution in [2.24, 2.45) is 5.92 Å². The fourth-order valence-corrected chi connectivity index (χ4v) is 5.24. The van der Waals surface area contributed by atoms with Crippen molar-refractivity contribution in [3.05, 3.63) is 35.4 Å². The number of aliphatic hydroxyl groups is 1. The van der Waals surface area contributed by atoms with E-state index in [-0.39, 0.29) is 17.3 Å². The highest BCUT2D eigenvalue weighted by atomic mass is 16.5. The third-order valence-electron chi connectivity index (χ3n) is 6.15. The van der Waals surface area contributed by atoms with Crippen molar-refractivity contribution in [3.8, 4) is 11.5 Å². The zero-order valence-electron chi connectivity index (χ0n) is 12.0. The average molecular weight is 285 g/mol. The maximum absolute atomic E-state index is 10.4. The largest absolute Gasteiger partial charge is 0.504 e. The quantitative estimate of drug-likeness (QED) is 0.703. The van der Waals surface area contributed by atoms with Gasteiger partial charge in [-0.25, -0.2) is 0 Å². The summed E-state index contributed by atoms with van der Waals surface area (Å²) in [6, 6.07) is 4.23. The molecule has 2 N–H and O–H groups in total. The monoisotopic (exact) mass is 285 g/mol. The van der Waals surface area contributed by atoms with Crippen molar-refractivity contribution in [1.29, 1.82) is 0 Å². The number of hydrogen-bond acceptors (Lipinski definition) is 4. The van der Waals surface area contributed by atoms with Gasteiger partial charge in [-0.1, -0.05) is 18.2 Å². The molecular weight excluding hydrogens is 266 g/mol. The third-order valence-corrected chi connectivity index (χ3v) is 6.15. The number of ether oxygens (including phenoxy) is 1. The van der Waals surface area contributed by atoms with Gasteiger partial charge in [0.1, 0.15) is 12.2 Å². The molecule has 2 aliphatic heterocycles. The Morgan fingerprint density at radius 3 is 3.05 bits per heavy atom. The molecule has 110 valence electrons. The normalized spacial score (nSPS) is 42.6. The highest BCUT2D eigenvalue weighted by Crippen LogP contribution is 2.62. The first-order chi connectivity index (χ1) is 10.1. The highest BCUT2D eigenvalue weighted by molar-refractivity contribution is 5.61. The molecule has 1 unspecified atom stereocenters. The molecule has 5 atom stereocenters. The first-order valence-corrected chi connectivity index (χ1v) is 7.71. The van der Waals surface area contributed by atoms with Gasteiger partial charge in [-0.05, 0) is 38.1 Å². The van der Waals surface area contributed by atoms with E-state index in [0.717, 1.165) is 19.4 Å². The molecule has 4 nitrogen and oxygen atoms in total. The van der Waals surface area contributed by atoms with Gasteiger partial charge >= 0.3 is 0 Å². The Balaban J connectivity index is 1.84. The summed E-state index contributed by atoms with van der Waals surface area (Å²) in [6.07, 6.45) is 5.18. The van der Waals surface area contributed by atoms with Gasteiger partial charge in [0, 0.05) is 22.9 Å². The predicted molar refractivity (Wildman–Crippen MR) is 77.6 cm³/mol. The van der Waals surface area contributed by atoms with E-state index in [4.69, 9.17) is 4.74 Å². The number of hydrogen-bond donors (Lipinski definition) is 2. The molecule has 1 spiro atoms. The van der Waals surface area contributed by atoms with Crippen LogP contribution in [0.2, 0.25) is 0 Å². The van der Waals surface area contributed by atoms with Gasteiger partial charge in [0.2, 0.25) is 0 Å². The molecule has 0 amide bonds. The first kappa shape index (κ1) is 12.1. The van der Waals surface area contributed by atoms with Crippen LogP contribution in [0.4, 0.5) is 0 Å². The Hall–Kier alpha value is -1.52. The van der Waals surface area contributed by atoms with Crippen LogP contribution >= 0.6 is 0 Å². The van der Waals surface area contributed by atoms with Crippen LogP contribution in [0.25, 0.3) is 0 Å². The fourth-order valence-electron chi connectivity index (χ4n) is 5.24. The SMILES string of the molecule is CN1CC[C@]23c4c5ccc(O)c4OC2[C@@H](O)C=C[C@H]3[C@H]1C5. The van der Waals surface area contributed by atoms with Crippen LogP contribution < -0.4 is 4.74 Å². The Morgan fingerprint density at radius 2 is 2.19 bits per heavy atom. The number of likely N-dealkylation sites (N-methyl/N-ethyl adjacent to an activating group) is 1. The summed E-state index contributed by atoms with van der Waals surface area (Å²) in [5.74, 6) is 1.19. The van der Waals surface area contributed by atoms with Crippen LogP contribution in [-0.4, -0.2) is 47.0 Å². The Labute approximate surface area is 123 Å². The number of phenolic OH excluding ortho intramolecular Hbond substituents is 1. The van der Waals surface area contributed by atoms with Crippen molar-refractivity contribution >= 4 is 0 Å². The molecule has 2 heterocycles. The molecule has 0 aromatic heterocycles. The summed E-state index contributed by atoms with van der Waals surface area (Å²) < 4.78 is 6.09. The lowest BCUT2D eigenvalue weighted by Crippen LogP contribution is -2.64. The minimum atomic E-state index is -0.594. The van der Waals surface area contributed by atoms with Crippen LogP contribution in [0.5, 0.6) is 11.5 Å². The number of piperidine rings is 1. The lowest BCUT2D eigenvalue weighted by molar-refractivity contribution is -0.0453. The Morgan fingerprint density at radius 1 is 1.33 bits per heavy atom. The van der Waals surface area contributed by atoms with Crippen LogP contribution in [0.1, 0.15) is 17.5 Å². The van der Waals surface area contributed by atoms with Gasteiger partial charge in [-0.15, -0.1) is 0 Å². The number of rotatable bonds is 0. The maximum atomic E-state index is 10.4. The van der Waals surface area contributed by atoms with E-state index in [1.165, 1.54) is 11.1 Å². The predicted octanol–water partition coefficient (Wildman–Crippen LogP) is 1.20. The van der Waals surface area contributed by atoms with E-state index in [9.17, 15) is 10.2 Å². The van der Waals surface area contributed by atoms with E-state index < -0.39 is 6.10 Å². The molecule has 1 aromatic rings. The van der Waals surface area contributed by atoms with Gasteiger partial charge < -0.3 is 19.8 Å². The molecule has 5 rings (SSSR count). The van der Waals surface area contributed by atoms with Crippen LogP contribution in [-0.2, 0) is 11.8 Å². The van der Waals surface area contributed by atoms with E-state index in [0.29, 0.717) is 17.7 Å². The van der Waals surface area contributed by atoms with Crippen molar-refractivity contribution in [2.45, 2.75) is 36.5 Å². The molecule has 21 heavy (non-hydrogen) atoms. The van der Waals surface area contributed by atoms with Crippen molar-refractivity contribution in [3.63, 3.8) is 0 Å². The number of phenols is 1. The fraction of sp³-hybridized carbons (Fsp3) is 0.529. The number of aliphatic hydroxyl groups excluding tert-OH is 1. The topological polar surface area (TPSA) is 52.9 Å². The zero-order chi connectivity index (χ0) is 14.4. The molecule has 4 aliphatic rings. The van der Waals surface area contributed by atoms with Crippen LogP contribution in [0.15, 0.2) is 24.3 Å². The smallest absolute Gasteiger partial charge is 0.165 e. The molecule has 4 heteroatoms. The van der Waals surface area contributed by atoms with Gasteiger partial charge in [-0.3, -0.25) is 0 Å². The van der Waals surface area contributed by atoms with E-state index in [1.54, 1.807) is 6.07 Å². The van der Waals surface area contributed by atoms with Gasteiger partial charge in [-0.2, -0.15) is 0 Å². The molecule has 2 aliphatic carbocycles. The standard InChI is InChI=1S/C17H19NO3/c1-18-7-6-17-10-3-5-13(20)16(17)21-15-12(19)4-2-9(14(15)17)8-11(10)18/h2-5,10-11,13,16,19-20H,6-8H2,1H3/t10-,11+,13-,16?,17-/m0/s1. The Kier molecular flexibility index (Phi) is 2.08. The summed E-state index contributed by atoms with van der Waals surface area (Å²) in [4.78, 5) is 2.43. The average Bonchev–Trinajstić information content (AvgIpc) is 2.83. The number of nitrogens with zero attached hydrogens (tertiary/aromatic N) is 1. The van der Waals surface area contributed by atoms with Crippen LogP contribution in [0.3, 0.4) is 0 Å².